The fraction of sp³-hybridized carbons (Fsp3) is 0.400. The van der Waals surface area contributed by atoms with Crippen LogP contribution in [0, 0.1) is 13.8 Å². The Morgan fingerprint density at radius 3 is 2.46 bits per heavy atom. The lowest BCUT2D eigenvalue weighted by Crippen LogP contribution is -2.33. The van der Waals surface area contributed by atoms with E-state index in [4.69, 9.17) is 10.5 Å². The largest absolute Gasteiger partial charge is 0.444 e. The molecule has 150 valence electrons. The van der Waals surface area contributed by atoms with E-state index in [1.54, 1.807) is 6.92 Å². The summed E-state index contributed by atoms with van der Waals surface area (Å²) < 4.78 is 5.21. The van der Waals surface area contributed by atoms with Gasteiger partial charge in [0.2, 0.25) is 0 Å². The summed E-state index contributed by atoms with van der Waals surface area (Å²) in [5.74, 6) is -0.324. The number of alkyl carbamates (subject to hydrolysis) is 1. The van der Waals surface area contributed by atoms with Crippen molar-refractivity contribution in [1.29, 1.82) is 0 Å². The fourth-order valence-electron chi connectivity index (χ4n) is 2.43. The Hall–Kier alpha value is -3.16. The molecule has 0 saturated carbocycles. The highest BCUT2D eigenvalue weighted by Gasteiger charge is 2.16. The quantitative estimate of drug-likeness (QED) is 0.703. The van der Waals surface area contributed by atoms with Crippen molar-refractivity contribution in [2.45, 2.75) is 46.6 Å². The molecule has 2 rings (SSSR count). The average Bonchev–Trinajstić information content (AvgIpc) is 2.56. The van der Waals surface area contributed by atoms with Crippen LogP contribution in [-0.4, -0.2) is 34.1 Å². The SMILES string of the molecule is Cc1nc(Nc2cccc(CCNC(=O)OC(C)(C)C)c2)c(C(N)=O)nc1C. The van der Waals surface area contributed by atoms with Crippen LogP contribution in [-0.2, 0) is 11.2 Å². The van der Waals surface area contributed by atoms with Gasteiger partial charge < -0.3 is 21.1 Å². The number of nitrogens with zero attached hydrogens (tertiary/aromatic N) is 2. The van der Waals surface area contributed by atoms with Gasteiger partial charge in [-0.15, -0.1) is 0 Å². The topological polar surface area (TPSA) is 119 Å². The summed E-state index contributed by atoms with van der Waals surface area (Å²) in [6, 6.07) is 7.59. The lowest BCUT2D eigenvalue weighted by atomic mass is 10.1. The summed E-state index contributed by atoms with van der Waals surface area (Å²) in [7, 11) is 0. The van der Waals surface area contributed by atoms with Crippen molar-refractivity contribution >= 4 is 23.5 Å². The van der Waals surface area contributed by atoms with Crippen molar-refractivity contribution in [3.05, 3.63) is 46.9 Å². The zero-order valence-electron chi connectivity index (χ0n) is 16.9. The number of benzene rings is 1. The highest BCUT2D eigenvalue weighted by molar-refractivity contribution is 5.96. The molecule has 0 spiro atoms. The second-order valence-corrected chi connectivity index (χ2v) is 7.46. The van der Waals surface area contributed by atoms with E-state index in [2.05, 4.69) is 20.6 Å². The predicted octanol–water partition coefficient (Wildman–Crippen LogP) is 3.00. The number of aromatic nitrogens is 2. The average molecular weight is 385 g/mol. The maximum absolute atomic E-state index is 11.7. The Morgan fingerprint density at radius 2 is 1.82 bits per heavy atom. The lowest BCUT2D eigenvalue weighted by molar-refractivity contribution is 0.0528. The molecule has 8 heteroatoms. The normalized spacial score (nSPS) is 11.0. The lowest BCUT2D eigenvalue weighted by Gasteiger charge is -2.19. The highest BCUT2D eigenvalue weighted by Crippen LogP contribution is 2.20. The highest BCUT2D eigenvalue weighted by atomic mass is 16.6. The molecule has 2 aromatic rings. The summed E-state index contributed by atoms with van der Waals surface area (Å²) in [6.45, 7) is 9.48. The molecule has 1 heterocycles. The third kappa shape index (κ3) is 6.22. The molecular weight excluding hydrogens is 358 g/mol. The predicted molar refractivity (Wildman–Crippen MR) is 108 cm³/mol. The van der Waals surface area contributed by atoms with E-state index >= 15 is 0 Å². The number of anilines is 2. The van der Waals surface area contributed by atoms with Gasteiger partial charge in [0, 0.05) is 12.2 Å². The van der Waals surface area contributed by atoms with Gasteiger partial charge in [0.05, 0.1) is 11.4 Å². The maximum atomic E-state index is 11.7. The maximum Gasteiger partial charge on any atom is 0.407 e. The molecule has 0 aliphatic rings. The van der Waals surface area contributed by atoms with Crippen LogP contribution in [0.4, 0.5) is 16.3 Å². The molecule has 4 N–H and O–H groups in total. The van der Waals surface area contributed by atoms with E-state index in [1.165, 1.54) is 0 Å². The minimum absolute atomic E-state index is 0.0973. The number of amides is 2. The fourth-order valence-corrected chi connectivity index (χ4v) is 2.43. The van der Waals surface area contributed by atoms with E-state index in [1.807, 2.05) is 52.0 Å². The van der Waals surface area contributed by atoms with Crippen LogP contribution >= 0.6 is 0 Å². The number of hydrogen-bond acceptors (Lipinski definition) is 6. The molecule has 1 aromatic heterocycles. The van der Waals surface area contributed by atoms with Crippen LogP contribution in [0.25, 0.3) is 0 Å². The van der Waals surface area contributed by atoms with Crippen molar-refractivity contribution in [2.75, 3.05) is 11.9 Å². The smallest absolute Gasteiger partial charge is 0.407 e. The summed E-state index contributed by atoms with van der Waals surface area (Å²) in [5.41, 5.74) is 8.10. The third-order valence-corrected chi connectivity index (χ3v) is 3.81. The molecular formula is C20H27N5O3. The first-order valence-electron chi connectivity index (χ1n) is 9.03. The van der Waals surface area contributed by atoms with Crippen LogP contribution < -0.4 is 16.4 Å². The van der Waals surface area contributed by atoms with Crippen LogP contribution in [0.1, 0.15) is 48.2 Å². The molecule has 0 unspecified atom stereocenters. The van der Waals surface area contributed by atoms with Gasteiger partial charge in [0.25, 0.3) is 5.91 Å². The molecule has 0 fully saturated rings. The van der Waals surface area contributed by atoms with Crippen molar-refractivity contribution < 1.29 is 14.3 Å². The van der Waals surface area contributed by atoms with Gasteiger partial charge >= 0.3 is 6.09 Å². The molecule has 8 nitrogen and oxygen atoms in total. The van der Waals surface area contributed by atoms with Crippen LogP contribution in [0.5, 0.6) is 0 Å². The summed E-state index contributed by atoms with van der Waals surface area (Å²) >= 11 is 0. The van der Waals surface area contributed by atoms with Gasteiger partial charge in [0.15, 0.2) is 11.5 Å². The van der Waals surface area contributed by atoms with Crippen LogP contribution in [0.3, 0.4) is 0 Å². The van der Waals surface area contributed by atoms with Gasteiger partial charge in [-0.25, -0.2) is 14.8 Å². The number of rotatable bonds is 6. The number of ether oxygens (including phenoxy) is 1. The monoisotopic (exact) mass is 385 g/mol. The first-order valence-corrected chi connectivity index (χ1v) is 9.03. The molecule has 28 heavy (non-hydrogen) atoms. The number of hydrogen-bond donors (Lipinski definition) is 3. The molecule has 0 atom stereocenters. The Labute approximate surface area is 164 Å². The number of aryl methyl sites for hydroxylation is 2. The zero-order valence-corrected chi connectivity index (χ0v) is 16.9. The third-order valence-electron chi connectivity index (χ3n) is 3.81. The number of nitrogens with two attached hydrogens (primary N) is 1. The minimum atomic E-state index is -0.643. The van der Waals surface area contributed by atoms with Gasteiger partial charge in [0.1, 0.15) is 5.60 Å². The van der Waals surface area contributed by atoms with E-state index in [-0.39, 0.29) is 5.69 Å². The summed E-state index contributed by atoms with van der Waals surface area (Å²) in [6.07, 6.45) is 0.175. The second kappa shape index (κ2) is 8.69. The van der Waals surface area contributed by atoms with Crippen molar-refractivity contribution in [1.82, 2.24) is 15.3 Å². The molecule has 0 aliphatic carbocycles. The van der Waals surface area contributed by atoms with Crippen molar-refractivity contribution in [3.8, 4) is 0 Å². The molecule has 0 radical (unpaired) electrons. The summed E-state index contributed by atoms with van der Waals surface area (Å²) in [4.78, 5) is 32.0. The van der Waals surface area contributed by atoms with Gasteiger partial charge in [-0.05, 0) is 58.7 Å². The van der Waals surface area contributed by atoms with E-state index in [9.17, 15) is 9.59 Å². The molecule has 2 amide bonds. The van der Waals surface area contributed by atoms with Gasteiger partial charge in [-0.1, -0.05) is 12.1 Å². The second-order valence-electron chi connectivity index (χ2n) is 7.46. The Balaban J connectivity index is 2.05. The van der Waals surface area contributed by atoms with E-state index in [0.29, 0.717) is 30.2 Å². The Kier molecular flexibility index (Phi) is 6.56. The number of nitrogens with one attached hydrogen (secondary N) is 2. The molecule has 0 bridgehead atoms. The van der Waals surface area contributed by atoms with Crippen molar-refractivity contribution in [3.63, 3.8) is 0 Å². The standard InChI is InChI=1S/C20H27N5O3/c1-12-13(2)24-18(16(23-12)17(21)26)25-15-8-6-7-14(11-15)9-10-22-19(27)28-20(3,4)5/h6-8,11H,9-10H2,1-5H3,(H2,21,26)(H,22,27)(H,24,25). The zero-order chi connectivity index (χ0) is 20.9. The molecule has 1 aromatic carbocycles. The van der Waals surface area contributed by atoms with Crippen molar-refractivity contribution in [2.24, 2.45) is 5.73 Å². The first kappa shape index (κ1) is 21.1. The summed E-state index contributed by atoms with van der Waals surface area (Å²) in [5, 5.41) is 5.84. The molecule has 0 aliphatic heterocycles. The van der Waals surface area contributed by atoms with E-state index in [0.717, 1.165) is 11.3 Å². The Bertz CT molecular complexity index is 875. The Morgan fingerprint density at radius 1 is 1.14 bits per heavy atom. The van der Waals surface area contributed by atoms with Crippen LogP contribution in [0.15, 0.2) is 24.3 Å². The van der Waals surface area contributed by atoms with Gasteiger partial charge in [-0.2, -0.15) is 0 Å². The number of primary amides is 1. The number of carbonyl (C=O) groups excluding carboxylic acids is 2. The minimum Gasteiger partial charge on any atom is -0.444 e. The first-order chi connectivity index (χ1) is 13.0. The number of carbonyl (C=O) groups is 2. The van der Waals surface area contributed by atoms with Crippen LogP contribution in [0.2, 0.25) is 0 Å². The van der Waals surface area contributed by atoms with Gasteiger partial charge in [-0.3, -0.25) is 4.79 Å². The van der Waals surface area contributed by atoms with E-state index < -0.39 is 17.6 Å². The molecule has 0 saturated heterocycles.